The molecule has 38 heavy (non-hydrogen) atoms. The lowest BCUT2D eigenvalue weighted by Crippen LogP contribution is -2.42. The van der Waals surface area contributed by atoms with Crippen molar-refractivity contribution in [3.8, 4) is 11.5 Å². The van der Waals surface area contributed by atoms with Gasteiger partial charge in [0.15, 0.2) is 13.6 Å². The van der Waals surface area contributed by atoms with Crippen LogP contribution in [0.5, 0.6) is 11.5 Å². The van der Waals surface area contributed by atoms with Gasteiger partial charge in [0.05, 0.1) is 19.7 Å². The summed E-state index contributed by atoms with van der Waals surface area (Å²) in [6, 6.07) is 15.0. The predicted molar refractivity (Wildman–Crippen MR) is 141 cm³/mol. The normalized spacial score (nSPS) is 11.1. The van der Waals surface area contributed by atoms with Crippen molar-refractivity contribution in [1.29, 1.82) is 0 Å². The highest BCUT2D eigenvalue weighted by Gasteiger charge is 2.18. The Balaban J connectivity index is 2.17. The molecule has 0 bridgehead atoms. The van der Waals surface area contributed by atoms with Gasteiger partial charge in [-0.3, -0.25) is 19.4 Å². The molecule has 2 aromatic rings. The minimum atomic E-state index is -0.942. The number of hydrogen-bond acceptors (Lipinski definition) is 9. The maximum Gasteiger partial charge on any atom is 0.317 e. The van der Waals surface area contributed by atoms with Crippen molar-refractivity contribution in [3.63, 3.8) is 0 Å². The number of nitrogens with zero attached hydrogens (tertiary/aromatic N) is 2. The highest BCUT2D eigenvalue weighted by Crippen LogP contribution is 2.21. The molecule has 0 aliphatic heterocycles. The number of hydrogen-bond donors (Lipinski definition) is 2. The molecule has 0 atom stereocenters. The number of para-hydroxylation sites is 2. The highest BCUT2D eigenvalue weighted by molar-refractivity contribution is 5.78. The van der Waals surface area contributed by atoms with Gasteiger partial charge in [-0.05, 0) is 12.1 Å². The largest absolute Gasteiger partial charge is 0.480 e. The standard InChI is InChI=1S/C27H39N3O8/c1-34-15-12-28-26(31)18-29(16-22-8-4-6-10-24(22)37-20-35-2)13-14-30(19-27(32)33)17-23-9-5-7-11-25(23)38-21-36-3/h4-11H,12-21H2,1-3H3,(H,28,31)(H,32,33). The molecule has 0 aromatic heterocycles. The summed E-state index contributed by atoms with van der Waals surface area (Å²) in [5.74, 6) is 0.192. The Kier molecular flexibility index (Phi) is 14.8. The SMILES string of the molecule is COCCNC(=O)CN(CCN(CC(=O)O)Cc1ccccc1OCOC)Cc1ccccc1OCOC. The Hall–Kier alpha value is -3.22. The van der Waals surface area contributed by atoms with Gasteiger partial charge in [0.2, 0.25) is 5.91 Å². The molecule has 0 heterocycles. The van der Waals surface area contributed by atoms with Gasteiger partial charge in [-0.1, -0.05) is 36.4 Å². The Morgan fingerprint density at radius 2 is 1.26 bits per heavy atom. The van der Waals surface area contributed by atoms with Gasteiger partial charge in [-0.15, -0.1) is 0 Å². The van der Waals surface area contributed by atoms with Gasteiger partial charge in [0.1, 0.15) is 11.5 Å². The Labute approximate surface area is 224 Å². The number of carboxylic acid groups (broad SMARTS) is 1. The van der Waals surface area contributed by atoms with E-state index in [-0.39, 0.29) is 32.6 Å². The second-order valence-corrected chi connectivity index (χ2v) is 8.47. The van der Waals surface area contributed by atoms with Crippen molar-refractivity contribution in [2.45, 2.75) is 13.1 Å². The van der Waals surface area contributed by atoms with E-state index in [2.05, 4.69) is 5.32 Å². The van der Waals surface area contributed by atoms with Crippen LogP contribution < -0.4 is 14.8 Å². The Bertz CT molecular complexity index is 975. The third-order valence-corrected chi connectivity index (χ3v) is 5.48. The third kappa shape index (κ3) is 11.9. The van der Waals surface area contributed by atoms with Crippen LogP contribution in [0.15, 0.2) is 48.5 Å². The van der Waals surface area contributed by atoms with Crippen LogP contribution in [-0.2, 0) is 36.9 Å². The van der Waals surface area contributed by atoms with Crippen molar-refractivity contribution in [3.05, 3.63) is 59.7 Å². The maximum absolute atomic E-state index is 12.6. The zero-order chi connectivity index (χ0) is 27.6. The van der Waals surface area contributed by atoms with Crippen molar-refractivity contribution in [2.24, 2.45) is 0 Å². The molecule has 0 unspecified atom stereocenters. The van der Waals surface area contributed by atoms with Crippen LogP contribution in [0, 0.1) is 0 Å². The molecule has 0 radical (unpaired) electrons. The number of methoxy groups -OCH3 is 3. The summed E-state index contributed by atoms with van der Waals surface area (Å²) in [6.07, 6.45) is 0. The molecule has 0 aliphatic rings. The number of nitrogens with one attached hydrogen (secondary N) is 1. The summed E-state index contributed by atoms with van der Waals surface area (Å²) in [5, 5.41) is 12.4. The van der Waals surface area contributed by atoms with Crippen molar-refractivity contribution < 1.29 is 38.4 Å². The number of carbonyl (C=O) groups is 2. The summed E-state index contributed by atoms with van der Waals surface area (Å²) in [4.78, 5) is 28.1. The zero-order valence-corrected chi connectivity index (χ0v) is 22.4. The van der Waals surface area contributed by atoms with E-state index in [1.807, 2.05) is 53.4 Å². The van der Waals surface area contributed by atoms with Gasteiger partial charge in [0.25, 0.3) is 0 Å². The minimum absolute atomic E-state index is 0.0897. The molecule has 0 aliphatic carbocycles. The molecular weight excluding hydrogens is 494 g/mol. The van der Waals surface area contributed by atoms with Crippen LogP contribution in [0.25, 0.3) is 0 Å². The average Bonchev–Trinajstić information content (AvgIpc) is 2.90. The third-order valence-electron chi connectivity index (χ3n) is 5.48. The summed E-state index contributed by atoms with van der Waals surface area (Å²) >= 11 is 0. The fraction of sp³-hybridized carbons (Fsp3) is 0.481. The van der Waals surface area contributed by atoms with E-state index in [0.717, 1.165) is 11.1 Å². The molecule has 1 amide bonds. The molecule has 2 aromatic carbocycles. The first-order valence-electron chi connectivity index (χ1n) is 12.3. The van der Waals surface area contributed by atoms with Crippen molar-refractivity contribution >= 4 is 11.9 Å². The summed E-state index contributed by atoms with van der Waals surface area (Å²) in [5.41, 5.74) is 1.73. The second-order valence-electron chi connectivity index (χ2n) is 8.47. The molecule has 0 saturated heterocycles. The van der Waals surface area contributed by atoms with E-state index in [1.165, 1.54) is 7.11 Å². The Morgan fingerprint density at radius 1 is 0.763 bits per heavy atom. The number of carbonyl (C=O) groups excluding carboxylic acids is 1. The van der Waals surface area contributed by atoms with E-state index in [9.17, 15) is 14.7 Å². The lowest BCUT2D eigenvalue weighted by molar-refractivity contribution is -0.138. The lowest BCUT2D eigenvalue weighted by atomic mass is 10.1. The van der Waals surface area contributed by atoms with Gasteiger partial charge < -0.3 is 34.1 Å². The highest BCUT2D eigenvalue weighted by atomic mass is 16.7. The monoisotopic (exact) mass is 533 g/mol. The van der Waals surface area contributed by atoms with Gasteiger partial charge in [-0.25, -0.2) is 0 Å². The van der Waals surface area contributed by atoms with E-state index in [0.29, 0.717) is 50.8 Å². The van der Waals surface area contributed by atoms with E-state index >= 15 is 0 Å². The smallest absolute Gasteiger partial charge is 0.317 e. The average molecular weight is 534 g/mol. The topological polar surface area (TPSA) is 119 Å². The predicted octanol–water partition coefficient (Wildman–Crippen LogP) is 1.80. The molecule has 2 N–H and O–H groups in total. The van der Waals surface area contributed by atoms with Crippen molar-refractivity contribution in [1.82, 2.24) is 15.1 Å². The van der Waals surface area contributed by atoms with Crippen LogP contribution in [0.2, 0.25) is 0 Å². The van der Waals surface area contributed by atoms with Crippen LogP contribution in [0.4, 0.5) is 0 Å². The van der Waals surface area contributed by atoms with Crippen LogP contribution in [0.3, 0.4) is 0 Å². The lowest BCUT2D eigenvalue weighted by Gasteiger charge is -2.27. The van der Waals surface area contributed by atoms with Crippen LogP contribution in [-0.4, -0.2) is 101 Å². The minimum Gasteiger partial charge on any atom is -0.480 e. The number of aliphatic carboxylic acids is 1. The molecule has 0 fully saturated rings. The number of rotatable bonds is 20. The van der Waals surface area contributed by atoms with E-state index < -0.39 is 5.97 Å². The van der Waals surface area contributed by atoms with Gasteiger partial charge >= 0.3 is 5.97 Å². The fourth-order valence-electron chi connectivity index (χ4n) is 3.73. The van der Waals surface area contributed by atoms with Crippen molar-refractivity contribution in [2.75, 3.05) is 74.2 Å². The quantitative estimate of drug-likeness (QED) is 0.193. The van der Waals surface area contributed by atoms with Gasteiger partial charge in [-0.2, -0.15) is 0 Å². The fourth-order valence-corrected chi connectivity index (χ4v) is 3.73. The van der Waals surface area contributed by atoms with Crippen LogP contribution in [0.1, 0.15) is 11.1 Å². The molecule has 210 valence electrons. The molecule has 0 saturated carbocycles. The first kappa shape index (κ1) is 31.0. The van der Waals surface area contributed by atoms with E-state index in [1.54, 1.807) is 19.1 Å². The molecule has 11 heteroatoms. The summed E-state index contributed by atoms with van der Waals surface area (Å²) in [6.45, 7) is 2.58. The first-order valence-corrected chi connectivity index (χ1v) is 12.3. The second kappa shape index (κ2) is 18.1. The maximum atomic E-state index is 12.6. The Morgan fingerprint density at radius 3 is 1.74 bits per heavy atom. The summed E-state index contributed by atoms with van der Waals surface area (Å²) in [7, 11) is 4.66. The van der Waals surface area contributed by atoms with Crippen LogP contribution >= 0.6 is 0 Å². The molecule has 11 nitrogen and oxygen atoms in total. The van der Waals surface area contributed by atoms with E-state index in [4.69, 9.17) is 23.7 Å². The number of carboxylic acids is 1. The number of ether oxygens (including phenoxy) is 5. The van der Waals surface area contributed by atoms with Gasteiger partial charge in [0, 0.05) is 65.2 Å². The molecule has 2 rings (SSSR count). The number of amides is 1. The molecule has 0 spiro atoms. The number of benzene rings is 2. The molecular formula is C27H39N3O8. The summed E-state index contributed by atoms with van der Waals surface area (Å²) < 4.78 is 26.4. The zero-order valence-electron chi connectivity index (χ0n) is 22.4. The first-order chi connectivity index (χ1) is 18.5.